The number of fused-ring (bicyclic) bond motifs is 1. The molecule has 6 heteroatoms. The van der Waals surface area contributed by atoms with Crippen molar-refractivity contribution in [3.05, 3.63) is 28.6 Å². The molecule has 2 N–H and O–H groups in total. The molecule has 0 spiro atoms. The van der Waals surface area contributed by atoms with E-state index in [9.17, 15) is 14.7 Å². The first kappa shape index (κ1) is 16.6. The summed E-state index contributed by atoms with van der Waals surface area (Å²) in [6.07, 6.45) is 2.90. The zero-order chi connectivity index (χ0) is 17.6. The Balaban J connectivity index is 2.15. The molecule has 0 radical (unpaired) electrons. The van der Waals surface area contributed by atoms with E-state index >= 15 is 0 Å². The average molecular weight is 329 g/mol. The molecule has 0 bridgehead atoms. The predicted octanol–water partition coefficient (Wildman–Crippen LogP) is 2.51. The number of hydrogen-bond donors (Lipinski definition) is 2. The minimum atomic E-state index is -1.05. The number of carboxylic acid groups (broad SMARTS) is 1. The third-order valence-corrected chi connectivity index (χ3v) is 5.33. The van der Waals surface area contributed by atoms with E-state index in [4.69, 9.17) is 0 Å². The second kappa shape index (κ2) is 5.69. The molecule has 24 heavy (non-hydrogen) atoms. The maximum atomic E-state index is 12.3. The summed E-state index contributed by atoms with van der Waals surface area (Å²) in [4.78, 5) is 33.2. The van der Waals surface area contributed by atoms with E-state index in [0.717, 1.165) is 30.5 Å². The average Bonchev–Trinajstić information content (AvgIpc) is 2.83. The van der Waals surface area contributed by atoms with Crippen molar-refractivity contribution in [3.8, 4) is 0 Å². The fraction of sp³-hybridized carbons (Fsp3) is 0.556. The van der Waals surface area contributed by atoms with Crippen LogP contribution in [0.15, 0.2) is 11.1 Å². The van der Waals surface area contributed by atoms with Crippen molar-refractivity contribution in [2.75, 3.05) is 0 Å². The lowest BCUT2D eigenvalue weighted by molar-refractivity contribution is -0.124. The van der Waals surface area contributed by atoms with Crippen molar-refractivity contribution in [2.24, 2.45) is 10.9 Å². The number of aromatic carboxylic acids is 1. The first-order chi connectivity index (χ1) is 11.2. The van der Waals surface area contributed by atoms with Gasteiger partial charge in [-0.3, -0.25) is 4.79 Å². The van der Waals surface area contributed by atoms with E-state index < -0.39 is 11.5 Å². The Hall–Kier alpha value is -2.24. The molecule has 1 aliphatic carbocycles. The lowest BCUT2D eigenvalue weighted by atomic mass is 9.85. The third kappa shape index (κ3) is 2.50. The van der Waals surface area contributed by atoms with Crippen LogP contribution in [0.3, 0.4) is 0 Å². The van der Waals surface area contributed by atoms with Crippen LogP contribution in [-0.4, -0.2) is 33.3 Å². The number of aliphatic imine (C=N–C) groups is 1. The van der Waals surface area contributed by atoms with Crippen molar-refractivity contribution in [1.82, 2.24) is 10.3 Å². The highest BCUT2D eigenvalue weighted by atomic mass is 16.4. The van der Waals surface area contributed by atoms with E-state index in [0.29, 0.717) is 5.92 Å². The van der Waals surface area contributed by atoms with Crippen molar-refractivity contribution in [2.45, 2.75) is 58.4 Å². The molecule has 1 aliphatic heterocycles. The molecule has 2 aliphatic rings. The van der Waals surface area contributed by atoms with Crippen LogP contribution in [0.5, 0.6) is 0 Å². The maximum Gasteiger partial charge on any atom is 0.338 e. The van der Waals surface area contributed by atoms with Crippen LogP contribution in [0.2, 0.25) is 0 Å². The van der Waals surface area contributed by atoms with Gasteiger partial charge in [0.1, 0.15) is 11.2 Å². The molecule has 6 nitrogen and oxygen atoms in total. The number of carboxylic acids is 1. The molecule has 2 heterocycles. The minimum Gasteiger partial charge on any atom is -0.478 e. The maximum absolute atomic E-state index is 12.3. The lowest BCUT2D eigenvalue weighted by Crippen LogP contribution is -2.41. The van der Waals surface area contributed by atoms with Gasteiger partial charge in [0.15, 0.2) is 5.84 Å². The Morgan fingerprint density at radius 1 is 1.46 bits per heavy atom. The summed E-state index contributed by atoms with van der Waals surface area (Å²) in [6.45, 7) is 7.70. The van der Waals surface area contributed by atoms with E-state index in [1.54, 1.807) is 13.0 Å². The molecule has 0 saturated carbocycles. The third-order valence-electron chi connectivity index (χ3n) is 5.33. The van der Waals surface area contributed by atoms with Gasteiger partial charge in [0.2, 0.25) is 0 Å². The Kier molecular flexibility index (Phi) is 3.94. The van der Waals surface area contributed by atoms with Crippen LogP contribution in [0, 0.1) is 5.92 Å². The molecule has 3 rings (SSSR count). The van der Waals surface area contributed by atoms with Crippen molar-refractivity contribution < 1.29 is 14.7 Å². The number of carbonyl (C=O) groups excluding carboxylic acids is 1. The molecule has 2 unspecified atom stereocenters. The Morgan fingerprint density at radius 3 is 2.75 bits per heavy atom. The van der Waals surface area contributed by atoms with E-state index in [1.165, 1.54) is 0 Å². The van der Waals surface area contributed by atoms with Gasteiger partial charge in [-0.1, -0.05) is 20.8 Å². The smallest absolute Gasteiger partial charge is 0.338 e. The summed E-state index contributed by atoms with van der Waals surface area (Å²) >= 11 is 0. The highest BCUT2D eigenvalue weighted by Gasteiger charge is 2.43. The number of nitrogens with one attached hydrogen (secondary N) is 1. The molecule has 0 aromatic carbocycles. The summed E-state index contributed by atoms with van der Waals surface area (Å²) in [5.41, 5.74) is 1.40. The normalized spacial score (nSPS) is 26.1. The largest absolute Gasteiger partial charge is 0.478 e. The van der Waals surface area contributed by atoms with Crippen molar-refractivity contribution >= 4 is 17.7 Å². The summed E-state index contributed by atoms with van der Waals surface area (Å²) in [5.74, 6) is -0.685. The Bertz CT molecular complexity index is 754. The minimum absolute atomic E-state index is 0.000859. The Labute approximate surface area is 141 Å². The quantitative estimate of drug-likeness (QED) is 0.891. The van der Waals surface area contributed by atoms with Crippen LogP contribution in [-0.2, 0) is 11.2 Å². The number of hydrogen-bond acceptors (Lipinski definition) is 4. The monoisotopic (exact) mass is 329 g/mol. The number of rotatable bonds is 3. The number of amidine groups is 1. The van der Waals surface area contributed by atoms with Crippen molar-refractivity contribution in [3.63, 3.8) is 0 Å². The molecule has 2 atom stereocenters. The van der Waals surface area contributed by atoms with Crippen LogP contribution < -0.4 is 5.32 Å². The molecule has 128 valence electrons. The van der Waals surface area contributed by atoms with Gasteiger partial charge in [-0.2, -0.15) is 0 Å². The van der Waals surface area contributed by atoms with Crippen LogP contribution in [0.25, 0.3) is 0 Å². The lowest BCUT2D eigenvalue weighted by Gasteiger charge is -2.23. The van der Waals surface area contributed by atoms with Gasteiger partial charge in [0.05, 0.1) is 5.56 Å². The van der Waals surface area contributed by atoms with Crippen LogP contribution in [0.4, 0.5) is 0 Å². The van der Waals surface area contributed by atoms with Gasteiger partial charge >= 0.3 is 5.97 Å². The van der Waals surface area contributed by atoms with Crippen molar-refractivity contribution in [1.29, 1.82) is 0 Å². The molecule has 1 aromatic rings. The second-order valence-electron chi connectivity index (χ2n) is 7.24. The number of pyridine rings is 1. The fourth-order valence-electron chi connectivity index (χ4n) is 3.32. The van der Waals surface area contributed by atoms with Gasteiger partial charge in [0.25, 0.3) is 5.91 Å². The number of amides is 1. The first-order valence-corrected chi connectivity index (χ1v) is 8.42. The molecule has 1 aromatic heterocycles. The topological polar surface area (TPSA) is 91.7 Å². The fourth-order valence-corrected chi connectivity index (χ4v) is 3.32. The summed E-state index contributed by atoms with van der Waals surface area (Å²) in [6, 6.07) is 1.71. The Morgan fingerprint density at radius 2 is 2.17 bits per heavy atom. The highest BCUT2D eigenvalue weighted by molar-refractivity contribution is 6.17. The summed E-state index contributed by atoms with van der Waals surface area (Å²) in [5, 5.41) is 12.4. The number of aryl methyl sites for hydroxylation is 1. The van der Waals surface area contributed by atoms with E-state index in [1.807, 2.05) is 13.8 Å². The zero-order valence-electron chi connectivity index (χ0n) is 14.5. The SMILES string of the molecule is CC1CCCc2nc(C3=NC(C)(C(C)C)C(=O)N3)c(C(=O)O)cc21. The van der Waals surface area contributed by atoms with Gasteiger partial charge in [-0.05, 0) is 49.7 Å². The summed E-state index contributed by atoms with van der Waals surface area (Å²) < 4.78 is 0. The molecule has 1 amide bonds. The molecular formula is C18H23N3O3. The highest BCUT2D eigenvalue weighted by Crippen LogP contribution is 2.33. The van der Waals surface area contributed by atoms with E-state index in [2.05, 4.69) is 22.2 Å². The number of aromatic nitrogens is 1. The first-order valence-electron chi connectivity index (χ1n) is 8.42. The van der Waals surface area contributed by atoms with Gasteiger partial charge in [-0.25, -0.2) is 14.8 Å². The predicted molar refractivity (Wildman–Crippen MR) is 90.5 cm³/mol. The second-order valence-corrected chi connectivity index (χ2v) is 7.24. The van der Waals surface area contributed by atoms with Crippen LogP contribution >= 0.6 is 0 Å². The summed E-state index contributed by atoms with van der Waals surface area (Å²) in [7, 11) is 0. The molecule has 0 saturated heterocycles. The standard InChI is InChI=1S/C18H23N3O3/c1-9(2)18(4)17(24)20-15(21-18)14-12(16(22)23)8-11-10(3)6-5-7-13(11)19-14/h8-10H,5-7H2,1-4H3,(H,22,23)(H,20,21,24). The number of nitrogens with zero attached hydrogens (tertiary/aromatic N) is 2. The zero-order valence-corrected chi connectivity index (χ0v) is 14.5. The van der Waals surface area contributed by atoms with Gasteiger partial charge in [-0.15, -0.1) is 0 Å². The molecule has 0 fully saturated rings. The van der Waals surface area contributed by atoms with E-state index in [-0.39, 0.29) is 28.9 Å². The van der Waals surface area contributed by atoms with Crippen LogP contribution in [0.1, 0.15) is 73.8 Å². The van der Waals surface area contributed by atoms with Gasteiger partial charge < -0.3 is 10.4 Å². The molecular weight excluding hydrogens is 306 g/mol. The number of carbonyl (C=O) groups is 2. The van der Waals surface area contributed by atoms with Gasteiger partial charge in [0, 0.05) is 5.69 Å².